The summed E-state index contributed by atoms with van der Waals surface area (Å²) in [6.45, 7) is 0.531. The van der Waals surface area contributed by atoms with Gasteiger partial charge in [-0.05, 0) is 12.0 Å². The Bertz CT molecular complexity index is 596. The topological polar surface area (TPSA) is 84.9 Å². The van der Waals surface area contributed by atoms with Crippen LogP contribution in [0, 0.1) is 0 Å². The molecule has 10 heteroatoms. The highest BCUT2D eigenvalue weighted by atomic mass is 35.6. The number of carbonyl (C=O) groups excluding carboxylic acids is 3. The molecule has 0 bridgehead atoms. The molecular weight excluding hydrogens is 419 g/mol. The Balaban J connectivity index is 2.35. The van der Waals surface area contributed by atoms with Gasteiger partial charge < -0.3 is 24.5 Å². The van der Waals surface area contributed by atoms with Crippen LogP contribution in [0.25, 0.3) is 0 Å². The molecule has 0 unspecified atom stereocenters. The van der Waals surface area contributed by atoms with Crippen LogP contribution in [-0.2, 0) is 20.9 Å². The molecule has 1 aromatic rings. The van der Waals surface area contributed by atoms with E-state index in [2.05, 4.69) is 5.32 Å². The average Bonchev–Trinajstić information content (AvgIpc) is 2.64. The van der Waals surface area contributed by atoms with Crippen molar-refractivity contribution < 1.29 is 23.9 Å². The van der Waals surface area contributed by atoms with Crippen LogP contribution < -0.4 is 5.32 Å². The fraction of sp³-hybridized carbons (Fsp3) is 0.471. The normalized spacial score (nSPS) is 10.8. The minimum absolute atomic E-state index is 0.138. The summed E-state index contributed by atoms with van der Waals surface area (Å²) >= 11 is 16.4. The molecule has 0 aliphatic carbocycles. The van der Waals surface area contributed by atoms with Crippen molar-refractivity contribution in [3.05, 3.63) is 35.9 Å². The van der Waals surface area contributed by atoms with Crippen LogP contribution in [-0.4, -0.2) is 53.4 Å². The van der Waals surface area contributed by atoms with E-state index in [1.807, 2.05) is 30.3 Å². The molecule has 0 aromatic heterocycles. The number of amides is 2. The molecule has 0 atom stereocenters. The highest BCUT2D eigenvalue weighted by Crippen LogP contribution is 2.25. The number of alkyl carbamates (subject to hydrolysis) is 1. The van der Waals surface area contributed by atoms with Crippen molar-refractivity contribution in [1.82, 2.24) is 10.2 Å². The van der Waals surface area contributed by atoms with Gasteiger partial charge in [-0.3, -0.25) is 0 Å². The zero-order valence-corrected chi connectivity index (χ0v) is 16.8. The Labute approximate surface area is 172 Å². The SMILES string of the molecule is O=CCCN(CCCNC(=O)OCC(Cl)(Cl)Cl)C(=O)OCc1ccccc1. The van der Waals surface area contributed by atoms with Crippen LogP contribution >= 0.6 is 34.8 Å². The number of nitrogens with one attached hydrogen (secondary N) is 1. The van der Waals surface area contributed by atoms with Gasteiger partial charge in [0.25, 0.3) is 0 Å². The minimum Gasteiger partial charge on any atom is -0.445 e. The third kappa shape index (κ3) is 11.6. The average molecular weight is 440 g/mol. The van der Waals surface area contributed by atoms with E-state index < -0.39 is 16.0 Å². The number of aldehydes is 1. The Hall–Kier alpha value is -1.70. The quantitative estimate of drug-likeness (QED) is 0.341. The molecule has 0 aliphatic rings. The van der Waals surface area contributed by atoms with Gasteiger partial charge >= 0.3 is 12.2 Å². The lowest BCUT2D eigenvalue weighted by atomic mass is 10.2. The fourth-order valence-electron chi connectivity index (χ4n) is 1.97. The molecule has 0 radical (unpaired) electrons. The molecule has 0 saturated heterocycles. The number of hydrogen-bond donors (Lipinski definition) is 1. The monoisotopic (exact) mass is 438 g/mol. The van der Waals surface area contributed by atoms with Crippen molar-refractivity contribution in [2.75, 3.05) is 26.2 Å². The molecule has 7 nitrogen and oxygen atoms in total. The molecule has 150 valence electrons. The van der Waals surface area contributed by atoms with E-state index >= 15 is 0 Å². The fourth-order valence-corrected chi connectivity index (χ4v) is 2.14. The second-order valence-corrected chi connectivity index (χ2v) is 7.97. The van der Waals surface area contributed by atoms with E-state index in [0.717, 1.165) is 11.8 Å². The molecule has 1 N–H and O–H groups in total. The highest BCUT2D eigenvalue weighted by Gasteiger charge is 2.22. The summed E-state index contributed by atoms with van der Waals surface area (Å²) in [5, 5.41) is 2.48. The predicted octanol–water partition coefficient (Wildman–Crippen LogP) is 3.70. The molecule has 0 aliphatic heterocycles. The maximum atomic E-state index is 12.2. The molecule has 0 saturated carbocycles. The predicted molar refractivity (Wildman–Crippen MR) is 103 cm³/mol. The van der Waals surface area contributed by atoms with Crippen molar-refractivity contribution in [1.29, 1.82) is 0 Å². The van der Waals surface area contributed by atoms with Gasteiger partial charge in [0, 0.05) is 26.1 Å². The Kier molecular flexibility index (Phi) is 10.9. The van der Waals surface area contributed by atoms with Crippen molar-refractivity contribution in [3.8, 4) is 0 Å². The van der Waals surface area contributed by atoms with Gasteiger partial charge in [-0.1, -0.05) is 65.1 Å². The summed E-state index contributed by atoms with van der Waals surface area (Å²) in [7, 11) is 0. The summed E-state index contributed by atoms with van der Waals surface area (Å²) in [5.74, 6) is 0. The van der Waals surface area contributed by atoms with Gasteiger partial charge in [-0.25, -0.2) is 9.59 Å². The van der Waals surface area contributed by atoms with Gasteiger partial charge in [-0.15, -0.1) is 0 Å². The highest BCUT2D eigenvalue weighted by molar-refractivity contribution is 6.67. The third-order valence-corrected chi connectivity index (χ3v) is 3.55. The lowest BCUT2D eigenvalue weighted by molar-refractivity contribution is -0.108. The van der Waals surface area contributed by atoms with E-state index in [4.69, 9.17) is 44.3 Å². The maximum Gasteiger partial charge on any atom is 0.410 e. The van der Waals surface area contributed by atoms with Gasteiger partial charge in [0.15, 0.2) is 0 Å². The largest absolute Gasteiger partial charge is 0.445 e. The van der Waals surface area contributed by atoms with Crippen LogP contribution in [0.5, 0.6) is 0 Å². The number of carbonyl (C=O) groups is 3. The smallest absolute Gasteiger partial charge is 0.410 e. The van der Waals surface area contributed by atoms with Crippen LogP contribution in [0.1, 0.15) is 18.4 Å². The van der Waals surface area contributed by atoms with Crippen LogP contribution in [0.2, 0.25) is 0 Å². The zero-order chi connectivity index (χ0) is 20.1. The summed E-state index contributed by atoms with van der Waals surface area (Å²) in [4.78, 5) is 35.6. The Morgan fingerprint density at radius 3 is 2.44 bits per heavy atom. The molecule has 0 heterocycles. The lowest BCUT2D eigenvalue weighted by Gasteiger charge is -2.21. The number of rotatable bonds is 10. The molecule has 1 rings (SSSR count). The molecule has 2 amide bonds. The van der Waals surface area contributed by atoms with Crippen molar-refractivity contribution in [2.24, 2.45) is 0 Å². The van der Waals surface area contributed by atoms with E-state index in [-0.39, 0.29) is 32.7 Å². The first-order valence-electron chi connectivity index (χ1n) is 8.18. The second kappa shape index (κ2) is 12.6. The number of halogens is 3. The number of ether oxygens (including phenoxy) is 2. The Morgan fingerprint density at radius 1 is 1.11 bits per heavy atom. The first kappa shape index (κ1) is 23.3. The summed E-state index contributed by atoms with van der Waals surface area (Å²) < 4.78 is 8.30. The van der Waals surface area contributed by atoms with E-state index in [0.29, 0.717) is 13.0 Å². The number of nitrogens with zero attached hydrogens (tertiary/aromatic N) is 1. The van der Waals surface area contributed by atoms with Crippen molar-refractivity contribution >= 4 is 53.3 Å². The van der Waals surface area contributed by atoms with E-state index in [1.54, 1.807) is 0 Å². The Morgan fingerprint density at radius 2 is 1.81 bits per heavy atom. The van der Waals surface area contributed by atoms with Crippen molar-refractivity contribution in [2.45, 2.75) is 23.2 Å². The van der Waals surface area contributed by atoms with Gasteiger partial charge in [0.1, 0.15) is 19.5 Å². The zero-order valence-electron chi connectivity index (χ0n) is 14.5. The molecule has 0 spiro atoms. The standard InChI is InChI=1S/C17H21Cl3N2O5/c18-17(19,20)13-27-15(24)21-8-4-9-22(10-5-11-23)16(25)26-12-14-6-2-1-3-7-14/h1-3,6-7,11H,4-5,8-10,12-13H2,(H,21,24). The number of hydrogen-bond acceptors (Lipinski definition) is 5. The van der Waals surface area contributed by atoms with Gasteiger partial charge in [0.05, 0.1) is 0 Å². The van der Waals surface area contributed by atoms with Gasteiger partial charge in [0.2, 0.25) is 3.79 Å². The van der Waals surface area contributed by atoms with E-state index in [9.17, 15) is 14.4 Å². The molecule has 27 heavy (non-hydrogen) atoms. The maximum absolute atomic E-state index is 12.2. The van der Waals surface area contributed by atoms with Crippen LogP contribution in [0.15, 0.2) is 30.3 Å². The van der Waals surface area contributed by atoms with Crippen molar-refractivity contribution in [3.63, 3.8) is 0 Å². The summed E-state index contributed by atoms with van der Waals surface area (Å²) in [6, 6.07) is 9.25. The van der Waals surface area contributed by atoms with E-state index in [1.165, 1.54) is 4.90 Å². The second-order valence-electron chi connectivity index (χ2n) is 5.45. The molecule has 0 fully saturated rings. The first-order chi connectivity index (χ1) is 12.8. The third-order valence-electron chi connectivity index (χ3n) is 3.22. The van der Waals surface area contributed by atoms with Gasteiger partial charge in [-0.2, -0.15) is 0 Å². The molecule has 1 aromatic carbocycles. The van der Waals surface area contributed by atoms with Crippen LogP contribution in [0.3, 0.4) is 0 Å². The molecular formula is C17H21Cl3N2O5. The minimum atomic E-state index is -1.68. The summed E-state index contributed by atoms with van der Waals surface area (Å²) in [5.41, 5.74) is 0.861. The lowest BCUT2D eigenvalue weighted by Crippen LogP contribution is -2.36. The van der Waals surface area contributed by atoms with Crippen LogP contribution in [0.4, 0.5) is 9.59 Å². The summed E-state index contributed by atoms with van der Waals surface area (Å²) in [6.07, 6.45) is 0.0948. The number of benzene rings is 1. The number of alkyl halides is 3. The first-order valence-corrected chi connectivity index (χ1v) is 9.32.